The van der Waals surface area contributed by atoms with E-state index in [4.69, 9.17) is 9.84 Å². The number of aliphatic carboxylic acids is 2. The summed E-state index contributed by atoms with van der Waals surface area (Å²) in [5, 5.41) is 33.2. The summed E-state index contributed by atoms with van der Waals surface area (Å²) in [5.41, 5.74) is 1.49. The van der Waals surface area contributed by atoms with Crippen molar-refractivity contribution in [3.63, 3.8) is 0 Å². The number of rotatable bonds is 12. The lowest BCUT2D eigenvalue weighted by atomic mass is 9.81. The summed E-state index contributed by atoms with van der Waals surface area (Å²) in [7, 11) is 1.58. The number of nitrogens with one attached hydrogen (secondary N) is 1. The van der Waals surface area contributed by atoms with Crippen LogP contribution in [0.3, 0.4) is 0 Å². The molecule has 3 heterocycles. The number of halogens is 3. The van der Waals surface area contributed by atoms with Gasteiger partial charge in [0.2, 0.25) is 0 Å². The summed E-state index contributed by atoms with van der Waals surface area (Å²) >= 11 is 1.40. The maximum atomic E-state index is 12.5. The Morgan fingerprint density at radius 2 is 1.92 bits per heavy atom. The molecule has 0 radical (unpaired) electrons. The van der Waals surface area contributed by atoms with Crippen molar-refractivity contribution >= 4 is 34.6 Å². The second kappa shape index (κ2) is 17.7. The molecule has 4 N–H and O–H groups in total. The largest absolute Gasteiger partial charge is 0.573 e. The molecule has 0 saturated carbocycles. The van der Waals surface area contributed by atoms with Crippen molar-refractivity contribution in [3.8, 4) is 11.5 Å². The van der Waals surface area contributed by atoms with Crippen LogP contribution in [0.5, 0.6) is 11.5 Å². The third-order valence-corrected chi connectivity index (χ3v) is 9.64. The Balaban J connectivity index is 0.000000500. The number of carbonyl (C=O) groups is 2. The van der Waals surface area contributed by atoms with Crippen LogP contribution in [0.25, 0.3) is 10.9 Å². The number of hydrogen-bond acceptors (Lipinski definition) is 9. The maximum Gasteiger partial charge on any atom is 0.573 e. The van der Waals surface area contributed by atoms with Crippen molar-refractivity contribution in [2.24, 2.45) is 17.8 Å². The normalized spacial score (nSPS) is 20.7. The zero-order chi connectivity index (χ0) is 34.7. The fourth-order valence-electron chi connectivity index (χ4n) is 6.10. The first-order chi connectivity index (χ1) is 22.9. The Morgan fingerprint density at radius 3 is 2.58 bits per heavy atom. The van der Waals surface area contributed by atoms with Crippen LogP contribution in [-0.2, 0) is 9.59 Å². The molecule has 0 spiro atoms. The van der Waals surface area contributed by atoms with Crippen molar-refractivity contribution in [1.29, 1.82) is 0 Å². The van der Waals surface area contributed by atoms with Gasteiger partial charge in [0.25, 0.3) is 0 Å². The number of fused-ring (bicyclic) bond motifs is 1. The predicted octanol–water partition coefficient (Wildman–Crippen LogP) is 5.84. The number of aromatic nitrogens is 1. The number of carboxylic acid groups (broad SMARTS) is 2. The number of aliphatic hydroxyl groups is 1. The SMILES string of the molecule is COc1ccc2nccc(C(O)CC[C@@H]3CCN(CCSc4cccc(OC(F)(F)F)c4)C[C@@H]3C(=O)O)c2c1.O=C(O)C1CCCNC1. The number of carboxylic acids is 2. The molecule has 0 aliphatic carbocycles. The molecule has 5 rings (SSSR count). The van der Waals surface area contributed by atoms with Crippen LogP contribution in [0.15, 0.2) is 59.6 Å². The average Bonchev–Trinajstić information content (AvgIpc) is 3.07. The first-order valence-electron chi connectivity index (χ1n) is 15.9. The zero-order valence-corrected chi connectivity index (χ0v) is 27.5. The van der Waals surface area contributed by atoms with Gasteiger partial charge in [-0.1, -0.05) is 6.07 Å². The van der Waals surface area contributed by atoms with E-state index in [1.165, 1.54) is 30.0 Å². The standard InChI is InChI=1S/C28H31F3N2O5S.C6H11NO2/c1-37-19-6-7-25-23(16-19)22(9-11-32-25)26(34)8-5-18-10-12-33(17-24(18)27(35)36)13-14-39-21-4-2-3-20(15-21)38-28(29,30)31;8-6(9)5-2-1-3-7-4-5/h2-4,6-7,9,11,15-16,18,24,26,34H,5,8,10,12-14,17H2,1H3,(H,35,36);5,7H,1-4H2,(H,8,9)/t18-,24+,26?;/m1./s1. The van der Waals surface area contributed by atoms with Gasteiger partial charge < -0.3 is 35.0 Å². The number of alkyl halides is 3. The summed E-state index contributed by atoms with van der Waals surface area (Å²) in [6.07, 6.45) is -0.326. The Bertz CT molecular complexity index is 1510. The van der Waals surface area contributed by atoms with Crippen molar-refractivity contribution in [2.75, 3.05) is 45.6 Å². The number of benzene rings is 2. The lowest BCUT2D eigenvalue weighted by molar-refractivity contribution is -0.274. The van der Waals surface area contributed by atoms with Crippen LogP contribution in [0.4, 0.5) is 13.2 Å². The van der Waals surface area contributed by atoms with Gasteiger partial charge in [0, 0.05) is 41.9 Å². The molecule has 2 unspecified atom stereocenters. The number of pyridine rings is 1. The molecule has 4 atom stereocenters. The predicted molar refractivity (Wildman–Crippen MR) is 175 cm³/mol. The second-order valence-corrected chi connectivity index (χ2v) is 13.1. The van der Waals surface area contributed by atoms with Gasteiger partial charge in [0.15, 0.2) is 0 Å². The molecule has 2 saturated heterocycles. The van der Waals surface area contributed by atoms with E-state index >= 15 is 0 Å². The third-order valence-electron chi connectivity index (χ3n) is 8.67. The van der Waals surface area contributed by atoms with Crippen LogP contribution < -0.4 is 14.8 Å². The Hall–Kier alpha value is -3.59. The summed E-state index contributed by atoms with van der Waals surface area (Å²) in [4.78, 5) is 29.5. The molecule has 0 amide bonds. The van der Waals surface area contributed by atoms with Crippen LogP contribution >= 0.6 is 11.8 Å². The highest BCUT2D eigenvalue weighted by atomic mass is 32.2. The molecule has 1 aromatic heterocycles. The Kier molecular flexibility index (Phi) is 13.7. The Morgan fingerprint density at radius 1 is 1.10 bits per heavy atom. The molecule has 2 fully saturated rings. The van der Waals surface area contributed by atoms with E-state index in [0.29, 0.717) is 55.3 Å². The molecule has 2 aromatic carbocycles. The lowest BCUT2D eigenvalue weighted by Gasteiger charge is -2.37. The minimum atomic E-state index is -4.74. The van der Waals surface area contributed by atoms with E-state index in [0.717, 1.165) is 42.4 Å². The van der Waals surface area contributed by atoms with Gasteiger partial charge in [-0.2, -0.15) is 0 Å². The van der Waals surface area contributed by atoms with Crippen LogP contribution in [0.1, 0.15) is 43.8 Å². The molecule has 10 nitrogen and oxygen atoms in total. The van der Waals surface area contributed by atoms with E-state index in [2.05, 4.69) is 19.9 Å². The number of ether oxygens (including phenoxy) is 2. The summed E-state index contributed by atoms with van der Waals surface area (Å²) < 4.78 is 46.7. The first kappa shape index (κ1) is 37.2. The van der Waals surface area contributed by atoms with E-state index in [1.54, 1.807) is 25.4 Å². The van der Waals surface area contributed by atoms with Crippen molar-refractivity contribution in [2.45, 2.75) is 49.5 Å². The highest BCUT2D eigenvalue weighted by Crippen LogP contribution is 2.34. The Labute approximate surface area is 281 Å². The number of hydrogen-bond donors (Lipinski definition) is 4. The monoisotopic (exact) mass is 693 g/mol. The van der Waals surface area contributed by atoms with Gasteiger partial charge in [-0.15, -0.1) is 24.9 Å². The molecule has 3 aromatic rings. The number of thioether (sulfide) groups is 1. The molecular formula is C34H42F3N3O7S. The molecule has 0 bridgehead atoms. The smallest absolute Gasteiger partial charge is 0.497 e. The number of methoxy groups -OCH3 is 1. The number of likely N-dealkylation sites (tertiary alicyclic amines) is 1. The fourth-order valence-corrected chi connectivity index (χ4v) is 7.06. The van der Waals surface area contributed by atoms with Crippen molar-refractivity contribution < 1.29 is 47.6 Å². The lowest BCUT2D eigenvalue weighted by Crippen LogP contribution is -2.44. The first-order valence-corrected chi connectivity index (χ1v) is 16.9. The molecule has 2 aliphatic rings. The highest BCUT2D eigenvalue weighted by molar-refractivity contribution is 7.99. The fraction of sp³-hybridized carbons (Fsp3) is 0.500. The number of piperidine rings is 2. The van der Waals surface area contributed by atoms with Crippen LogP contribution in [0, 0.1) is 17.8 Å². The third kappa shape index (κ3) is 11.2. The van der Waals surface area contributed by atoms with Gasteiger partial charge in [-0.3, -0.25) is 14.6 Å². The molecule has 2 aliphatic heterocycles. The second-order valence-electron chi connectivity index (χ2n) is 11.9. The van der Waals surface area contributed by atoms with E-state index in [-0.39, 0.29) is 17.6 Å². The quantitative estimate of drug-likeness (QED) is 0.170. The minimum Gasteiger partial charge on any atom is -0.497 e. The average molecular weight is 694 g/mol. The van der Waals surface area contributed by atoms with E-state index in [1.807, 2.05) is 18.2 Å². The van der Waals surface area contributed by atoms with Crippen LogP contribution in [-0.4, -0.2) is 89.1 Å². The molecular weight excluding hydrogens is 651 g/mol. The topological polar surface area (TPSA) is 141 Å². The van der Waals surface area contributed by atoms with E-state index < -0.39 is 30.3 Å². The number of nitrogens with zero attached hydrogens (tertiary/aromatic N) is 2. The van der Waals surface area contributed by atoms with Gasteiger partial charge in [0.1, 0.15) is 11.5 Å². The van der Waals surface area contributed by atoms with Gasteiger partial charge in [-0.25, -0.2) is 0 Å². The summed E-state index contributed by atoms with van der Waals surface area (Å²) in [5.74, 6) is -1.29. The van der Waals surface area contributed by atoms with Gasteiger partial charge in [-0.05, 0) is 99.1 Å². The molecule has 14 heteroatoms. The van der Waals surface area contributed by atoms with Crippen LogP contribution in [0.2, 0.25) is 0 Å². The van der Waals surface area contributed by atoms with Gasteiger partial charge in [0.05, 0.1) is 30.6 Å². The maximum absolute atomic E-state index is 12.5. The molecule has 262 valence electrons. The van der Waals surface area contributed by atoms with E-state index in [9.17, 15) is 33.0 Å². The number of aliphatic hydroxyl groups excluding tert-OH is 1. The van der Waals surface area contributed by atoms with Crippen molar-refractivity contribution in [3.05, 3.63) is 60.3 Å². The van der Waals surface area contributed by atoms with Gasteiger partial charge >= 0.3 is 18.3 Å². The minimum absolute atomic E-state index is 0.0695. The summed E-state index contributed by atoms with van der Waals surface area (Å²) in [6.45, 7) is 3.35. The zero-order valence-electron chi connectivity index (χ0n) is 26.7. The van der Waals surface area contributed by atoms with Crippen molar-refractivity contribution in [1.82, 2.24) is 15.2 Å². The molecule has 48 heavy (non-hydrogen) atoms. The summed E-state index contributed by atoms with van der Waals surface area (Å²) in [6, 6.07) is 13.1. The highest BCUT2D eigenvalue weighted by Gasteiger charge is 2.34.